The van der Waals surface area contributed by atoms with E-state index < -0.39 is 0 Å². The van der Waals surface area contributed by atoms with Gasteiger partial charge in [-0.15, -0.1) is 0 Å². The lowest BCUT2D eigenvalue weighted by molar-refractivity contribution is 0.469. The van der Waals surface area contributed by atoms with E-state index in [0.29, 0.717) is 12.8 Å². The predicted molar refractivity (Wildman–Crippen MR) is 152 cm³/mol. The summed E-state index contributed by atoms with van der Waals surface area (Å²) in [4.78, 5) is 9.58. The first-order chi connectivity index (χ1) is 18.7. The molecule has 0 radical (unpaired) electrons. The minimum atomic E-state index is 0.273. The molecule has 3 heterocycles. The van der Waals surface area contributed by atoms with Crippen LogP contribution in [0.2, 0.25) is 0 Å². The molecule has 0 aliphatic carbocycles. The Bertz CT molecular complexity index is 1960. The Labute approximate surface area is 219 Å². The summed E-state index contributed by atoms with van der Waals surface area (Å²) in [6.07, 6.45) is 4.96. The Balaban J connectivity index is 1.31. The number of rotatable bonds is 5. The first kappa shape index (κ1) is 22.3. The molecule has 0 aliphatic heterocycles. The van der Waals surface area contributed by atoms with E-state index >= 15 is 0 Å². The summed E-state index contributed by atoms with van der Waals surface area (Å²) in [7, 11) is 1.93. The number of fused-ring (bicyclic) bond motifs is 4. The van der Waals surface area contributed by atoms with E-state index in [0.717, 1.165) is 66.6 Å². The highest BCUT2D eigenvalue weighted by molar-refractivity contribution is 6.09. The van der Waals surface area contributed by atoms with E-state index in [-0.39, 0.29) is 5.75 Å². The van der Waals surface area contributed by atoms with Gasteiger partial charge in [-0.3, -0.25) is 4.98 Å². The Morgan fingerprint density at radius 2 is 1.55 bits per heavy atom. The van der Waals surface area contributed by atoms with E-state index in [1.54, 1.807) is 6.20 Å². The number of pyridine rings is 1. The average Bonchev–Trinajstić information content (AvgIpc) is 3.55. The van der Waals surface area contributed by atoms with Crippen molar-refractivity contribution in [2.45, 2.75) is 12.8 Å². The van der Waals surface area contributed by atoms with E-state index in [1.807, 2.05) is 60.3 Å². The third kappa shape index (κ3) is 3.63. The molecule has 0 amide bonds. The van der Waals surface area contributed by atoms with Gasteiger partial charge in [-0.05, 0) is 48.1 Å². The quantitative estimate of drug-likeness (QED) is 0.266. The van der Waals surface area contributed by atoms with Gasteiger partial charge in [0.1, 0.15) is 22.7 Å². The first-order valence-corrected chi connectivity index (χ1v) is 12.8. The number of furan rings is 1. The molecule has 7 aromatic rings. The van der Waals surface area contributed by atoms with Crippen molar-refractivity contribution in [1.29, 1.82) is 0 Å². The zero-order valence-electron chi connectivity index (χ0n) is 20.9. The number of hydrogen-bond acceptors (Lipinski definition) is 4. The summed E-state index contributed by atoms with van der Waals surface area (Å²) in [5.41, 5.74) is 6.19. The second kappa shape index (κ2) is 8.89. The normalized spacial score (nSPS) is 11.6. The average molecular weight is 496 g/mol. The number of aryl methyl sites for hydroxylation is 3. The molecule has 4 aromatic carbocycles. The standard InChI is InChI=1S/C33H25N3O2/c1-36-19-18-34-33(36)27-14-6-9-21(31(27)37)16-17-28-23-10-3-2-8-22(23)20-29(35-28)26-13-7-12-25-24-11-4-5-15-30(24)38-32(25)26/h2-15,18-20,37H,16-17H2,1H3. The molecule has 0 saturated carbocycles. The van der Waals surface area contributed by atoms with E-state index in [9.17, 15) is 5.11 Å². The van der Waals surface area contributed by atoms with Gasteiger partial charge in [-0.1, -0.05) is 66.7 Å². The highest BCUT2D eigenvalue weighted by Gasteiger charge is 2.16. The summed E-state index contributed by atoms with van der Waals surface area (Å²) >= 11 is 0. The SMILES string of the molecule is Cn1ccnc1-c1cccc(CCc2nc(-c3cccc4c3oc3ccccc34)cc3ccccc23)c1O. The van der Waals surface area contributed by atoms with Crippen molar-refractivity contribution >= 4 is 32.7 Å². The van der Waals surface area contributed by atoms with Crippen molar-refractivity contribution in [1.82, 2.24) is 14.5 Å². The topological polar surface area (TPSA) is 64.1 Å². The lowest BCUT2D eigenvalue weighted by Crippen LogP contribution is -2.00. The van der Waals surface area contributed by atoms with Crippen LogP contribution >= 0.6 is 0 Å². The smallest absolute Gasteiger partial charge is 0.144 e. The second-order valence-corrected chi connectivity index (χ2v) is 9.63. The van der Waals surface area contributed by atoms with Gasteiger partial charge in [-0.25, -0.2) is 4.98 Å². The molecule has 1 N–H and O–H groups in total. The van der Waals surface area contributed by atoms with E-state index in [4.69, 9.17) is 9.40 Å². The first-order valence-electron chi connectivity index (χ1n) is 12.8. The molecule has 0 bridgehead atoms. The fourth-order valence-electron chi connectivity index (χ4n) is 5.40. The lowest BCUT2D eigenvalue weighted by atomic mass is 9.98. The Morgan fingerprint density at radius 1 is 0.789 bits per heavy atom. The van der Waals surface area contributed by atoms with Crippen molar-refractivity contribution in [2.75, 3.05) is 0 Å². The third-order valence-corrected chi connectivity index (χ3v) is 7.31. The molecule has 5 nitrogen and oxygen atoms in total. The van der Waals surface area contributed by atoms with Crippen LogP contribution in [0.5, 0.6) is 5.75 Å². The van der Waals surface area contributed by atoms with Crippen molar-refractivity contribution < 1.29 is 9.52 Å². The van der Waals surface area contributed by atoms with Crippen molar-refractivity contribution in [3.63, 3.8) is 0 Å². The lowest BCUT2D eigenvalue weighted by Gasteiger charge is -2.12. The van der Waals surface area contributed by atoms with Crippen LogP contribution in [0.4, 0.5) is 0 Å². The van der Waals surface area contributed by atoms with Crippen LogP contribution in [0.3, 0.4) is 0 Å². The summed E-state index contributed by atoms with van der Waals surface area (Å²) in [5.74, 6) is 1.02. The van der Waals surface area contributed by atoms with Gasteiger partial charge in [0, 0.05) is 46.9 Å². The minimum absolute atomic E-state index is 0.273. The van der Waals surface area contributed by atoms with Crippen LogP contribution < -0.4 is 0 Å². The van der Waals surface area contributed by atoms with Gasteiger partial charge in [0.15, 0.2) is 0 Å². The monoisotopic (exact) mass is 495 g/mol. The van der Waals surface area contributed by atoms with Crippen LogP contribution in [0.25, 0.3) is 55.4 Å². The van der Waals surface area contributed by atoms with Crippen molar-refractivity contribution in [3.8, 4) is 28.4 Å². The zero-order chi connectivity index (χ0) is 25.6. The van der Waals surface area contributed by atoms with E-state index in [2.05, 4.69) is 53.5 Å². The minimum Gasteiger partial charge on any atom is -0.507 e. The van der Waals surface area contributed by atoms with Crippen LogP contribution in [0.15, 0.2) is 108 Å². The second-order valence-electron chi connectivity index (χ2n) is 9.63. The number of imidazole rings is 1. The Kier molecular flexibility index (Phi) is 5.22. The fraction of sp³-hybridized carbons (Fsp3) is 0.0909. The van der Waals surface area contributed by atoms with Crippen LogP contribution in [-0.2, 0) is 19.9 Å². The highest BCUT2D eigenvalue weighted by Crippen LogP contribution is 2.37. The van der Waals surface area contributed by atoms with E-state index in [1.165, 1.54) is 0 Å². The fourth-order valence-corrected chi connectivity index (χ4v) is 5.40. The molecule has 5 heteroatoms. The molecule has 3 aromatic heterocycles. The van der Waals surface area contributed by atoms with Gasteiger partial charge in [0.2, 0.25) is 0 Å². The zero-order valence-corrected chi connectivity index (χ0v) is 20.9. The Morgan fingerprint density at radius 3 is 2.42 bits per heavy atom. The maximum Gasteiger partial charge on any atom is 0.144 e. The molecule has 0 aliphatic rings. The van der Waals surface area contributed by atoms with Gasteiger partial charge in [0.25, 0.3) is 0 Å². The van der Waals surface area contributed by atoms with Crippen molar-refractivity contribution in [2.24, 2.45) is 7.05 Å². The number of hydrogen-bond donors (Lipinski definition) is 1. The number of benzene rings is 4. The third-order valence-electron chi connectivity index (χ3n) is 7.31. The van der Waals surface area contributed by atoms with Gasteiger partial charge < -0.3 is 14.1 Å². The number of nitrogens with zero attached hydrogens (tertiary/aromatic N) is 3. The summed E-state index contributed by atoms with van der Waals surface area (Å²) in [5, 5.41) is 15.6. The number of para-hydroxylation sites is 3. The molecule has 38 heavy (non-hydrogen) atoms. The predicted octanol–water partition coefficient (Wildman–Crippen LogP) is 7.69. The van der Waals surface area contributed by atoms with Gasteiger partial charge in [0.05, 0.1) is 11.3 Å². The number of aromatic nitrogens is 3. The molecular weight excluding hydrogens is 470 g/mol. The van der Waals surface area contributed by atoms with Gasteiger partial charge in [-0.2, -0.15) is 0 Å². The molecule has 0 atom stereocenters. The maximum atomic E-state index is 11.1. The Hall–Kier alpha value is -4.90. The molecule has 0 spiro atoms. The highest BCUT2D eigenvalue weighted by atomic mass is 16.3. The summed E-state index contributed by atoms with van der Waals surface area (Å²) < 4.78 is 8.22. The number of phenols is 1. The molecule has 0 fully saturated rings. The largest absolute Gasteiger partial charge is 0.507 e. The van der Waals surface area contributed by atoms with Crippen LogP contribution in [0.1, 0.15) is 11.3 Å². The molecule has 0 saturated heterocycles. The van der Waals surface area contributed by atoms with Crippen molar-refractivity contribution in [3.05, 3.63) is 115 Å². The molecule has 184 valence electrons. The summed E-state index contributed by atoms with van der Waals surface area (Å²) in [6, 6.07) is 30.7. The van der Waals surface area contributed by atoms with Crippen LogP contribution in [-0.4, -0.2) is 19.6 Å². The maximum absolute atomic E-state index is 11.1. The van der Waals surface area contributed by atoms with Gasteiger partial charge >= 0.3 is 0 Å². The molecule has 7 rings (SSSR count). The molecular formula is C33H25N3O2. The molecule has 0 unspecified atom stereocenters. The summed E-state index contributed by atoms with van der Waals surface area (Å²) in [6.45, 7) is 0. The number of aromatic hydroxyl groups is 1. The van der Waals surface area contributed by atoms with Crippen LogP contribution in [0, 0.1) is 0 Å². The number of phenolic OH excluding ortho intramolecular Hbond substituents is 1.